The van der Waals surface area contributed by atoms with Gasteiger partial charge in [-0.3, -0.25) is 0 Å². The summed E-state index contributed by atoms with van der Waals surface area (Å²) in [5, 5.41) is 12.4. The number of benzene rings is 2. The van der Waals surface area contributed by atoms with E-state index < -0.39 is 5.97 Å². The maximum Gasteiger partial charge on any atom is 0.337 e. The number of carbonyl (C=O) groups is 1. The zero-order valence-electron chi connectivity index (χ0n) is 13.3. The van der Waals surface area contributed by atoms with Gasteiger partial charge >= 0.3 is 5.97 Å². The minimum absolute atomic E-state index is 0.0840. The van der Waals surface area contributed by atoms with Gasteiger partial charge in [-0.15, -0.1) is 0 Å². The summed E-state index contributed by atoms with van der Waals surface area (Å²) in [6, 6.07) is 12.8. The number of hydrogen-bond donors (Lipinski definition) is 2. The fourth-order valence-corrected chi connectivity index (χ4v) is 2.15. The van der Waals surface area contributed by atoms with E-state index >= 15 is 0 Å². The van der Waals surface area contributed by atoms with Gasteiger partial charge in [0.1, 0.15) is 5.75 Å². The third kappa shape index (κ3) is 3.58. The molecule has 0 aliphatic rings. The molecular formula is C18H21NO3. The van der Waals surface area contributed by atoms with Crippen molar-refractivity contribution < 1.29 is 14.6 Å². The van der Waals surface area contributed by atoms with Crippen LogP contribution in [0.15, 0.2) is 42.5 Å². The minimum Gasteiger partial charge on any atom is -0.497 e. The fraction of sp³-hybridized carbons (Fsp3) is 0.278. The van der Waals surface area contributed by atoms with Crippen molar-refractivity contribution in [3.63, 3.8) is 0 Å². The number of aromatic carboxylic acids is 1. The van der Waals surface area contributed by atoms with E-state index in [9.17, 15) is 9.90 Å². The summed E-state index contributed by atoms with van der Waals surface area (Å²) < 4.78 is 5.16. The number of hydrogen-bond acceptors (Lipinski definition) is 3. The Morgan fingerprint density at radius 2 is 1.73 bits per heavy atom. The van der Waals surface area contributed by atoms with Crippen molar-refractivity contribution in [2.24, 2.45) is 0 Å². The molecule has 2 N–H and O–H groups in total. The van der Waals surface area contributed by atoms with Crippen molar-refractivity contribution in [2.45, 2.75) is 26.2 Å². The van der Waals surface area contributed by atoms with Crippen LogP contribution in [0.25, 0.3) is 0 Å². The molecular weight excluding hydrogens is 278 g/mol. The summed E-state index contributed by atoms with van der Waals surface area (Å²) in [7, 11) is 1.55. The molecule has 2 rings (SSSR count). The molecule has 0 aliphatic carbocycles. The molecule has 116 valence electrons. The highest BCUT2D eigenvalue weighted by atomic mass is 16.5. The maximum atomic E-state index is 11.3. The Hall–Kier alpha value is -2.49. The summed E-state index contributed by atoms with van der Waals surface area (Å²) in [6.45, 7) is 6.46. The van der Waals surface area contributed by atoms with Gasteiger partial charge in [-0.05, 0) is 35.2 Å². The largest absolute Gasteiger partial charge is 0.497 e. The average molecular weight is 299 g/mol. The Morgan fingerprint density at radius 3 is 2.23 bits per heavy atom. The van der Waals surface area contributed by atoms with Gasteiger partial charge < -0.3 is 15.2 Å². The summed E-state index contributed by atoms with van der Waals surface area (Å²) >= 11 is 0. The second-order valence-corrected chi connectivity index (χ2v) is 6.17. The number of nitrogens with one attached hydrogen (secondary N) is 1. The molecule has 22 heavy (non-hydrogen) atoms. The van der Waals surface area contributed by atoms with Crippen molar-refractivity contribution in [1.29, 1.82) is 0 Å². The monoisotopic (exact) mass is 299 g/mol. The van der Waals surface area contributed by atoms with E-state index in [1.165, 1.54) is 11.6 Å². The molecule has 0 heterocycles. The van der Waals surface area contributed by atoms with Crippen LogP contribution in [0.1, 0.15) is 36.7 Å². The summed E-state index contributed by atoms with van der Waals surface area (Å²) in [5.41, 5.74) is 2.86. The van der Waals surface area contributed by atoms with Crippen molar-refractivity contribution >= 4 is 17.3 Å². The Labute approximate surface area is 130 Å². The van der Waals surface area contributed by atoms with Gasteiger partial charge in [-0.2, -0.15) is 0 Å². The zero-order chi connectivity index (χ0) is 16.3. The number of anilines is 2. The SMILES string of the molecule is COc1ccc(C(=O)O)c(Nc2ccc(C(C)(C)C)cc2)c1. The summed E-state index contributed by atoms with van der Waals surface area (Å²) in [6.07, 6.45) is 0. The minimum atomic E-state index is -0.975. The predicted molar refractivity (Wildman–Crippen MR) is 88.4 cm³/mol. The molecule has 0 fully saturated rings. The first-order valence-electron chi connectivity index (χ1n) is 7.10. The zero-order valence-corrected chi connectivity index (χ0v) is 13.3. The first-order valence-corrected chi connectivity index (χ1v) is 7.10. The molecule has 2 aromatic carbocycles. The third-order valence-corrected chi connectivity index (χ3v) is 3.49. The van der Waals surface area contributed by atoms with E-state index in [1.807, 2.05) is 24.3 Å². The number of methoxy groups -OCH3 is 1. The first kappa shape index (κ1) is 15.9. The Balaban J connectivity index is 2.32. The van der Waals surface area contributed by atoms with Crippen molar-refractivity contribution in [3.8, 4) is 5.75 Å². The van der Waals surface area contributed by atoms with Crippen LogP contribution in [0.3, 0.4) is 0 Å². The molecule has 0 unspecified atom stereocenters. The number of carboxylic acids is 1. The lowest BCUT2D eigenvalue weighted by molar-refractivity contribution is 0.0698. The normalized spacial score (nSPS) is 11.1. The topological polar surface area (TPSA) is 58.6 Å². The van der Waals surface area contributed by atoms with E-state index in [1.54, 1.807) is 19.2 Å². The van der Waals surface area contributed by atoms with Crippen molar-refractivity contribution in [1.82, 2.24) is 0 Å². The van der Waals surface area contributed by atoms with Crippen LogP contribution < -0.4 is 10.1 Å². The second-order valence-electron chi connectivity index (χ2n) is 6.17. The lowest BCUT2D eigenvalue weighted by Crippen LogP contribution is -2.10. The first-order chi connectivity index (χ1) is 10.3. The van der Waals surface area contributed by atoms with Crippen LogP contribution >= 0.6 is 0 Å². The van der Waals surface area contributed by atoms with Crippen LogP contribution in [0.5, 0.6) is 5.75 Å². The third-order valence-electron chi connectivity index (χ3n) is 3.49. The molecule has 0 spiro atoms. The van der Waals surface area contributed by atoms with Gasteiger partial charge in [-0.1, -0.05) is 32.9 Å². The van der Waals surface area contributed by atoms with Gasteiger partial charge in [0.25, 0.3) is 0 Å². The van der Waals surface area contributed by atoms with Crippen LogP contribution in [0.4, 0.5) is 11.4 Å². The maximum absolute atomic E-state index is 11.3. The quantitative estimate of drug-likeness (QED) is 0.876. The molecule has 0 aliphatic heterocycles. The van der Waals surface area contributed by atoms with Crippen LogP contribution in [0, 0.1) is 0 Å². The summed E-state index contributed by atoms with van der Waals surface area (Å²) in [4.78, 5) is 11.3. The lowest BCUT2D eigenvalue weighted by atomic mass is 9.87. The molecule has 0 saturated carbocycles. The molecule has 0 saturated heterocycles. The lowest BCUT2D eigenvalue weighted by Gasteiger charge is -2.19. The molecule has 4 heteroatoms. The highest BCUT2D eigenvalue weighted by molar-refractivity contribution is 5.95. The molecule has 0 bridgehead atoms. The van der Waals surface area contributed by atoms with Gasteiger partial charge in [0, 0.05) is 11.8 Å². The smallest absolute Gasteiger partial charge is 0.337 e. The average Bonchev–Trinajstić information content (AvgIpc) is 2.46. The van der Waals surface area contributed by atoms with E-state index in [0.717, 1.165) is 5.69 Å². The van der Waals surface area contributed by atoms with Gasteiger partial charge in [0.15, 0.2) is 0 Å². The van der Waals surface area contributed by atoms with E-state index in [-0.39, 0.29) is 11.0 Å². The molecule has 0 aromatic heterocycles. The summed E-state index contributed by atoms with van der Waals surface area (Å²) in [5.74, 6) is -0.365. The molecule has 0 atom stereocenters. The molecule has 0 radical (unpaired) electrons. The van der Waals surface area contributed by atoms with E-state index in [0.29, 0.717) is 11.4 Å². The predicted octanol–water partition coefficient (Wildman–Crippen LogP) is 4.43. The molecule has 2 aromatic rings. The number of ether oxygens (including phenoxy) is 1. The number of rotatable bonds is 4. The van der Waals surface area contributed by atoms with Crippen LogP contribution in [-0.2, 0) is 5.41 Å². The fourth-order valence-electron chi connectivity index (χ4n) is 2.15. The van der Waals surface area contributed by atoms with Gasteiger partial charge in [0.05, 0.1) is 18.4 Å². The van der Waals surface area contributed by atoms with E-state index in [4.69, 9.17) is 4.74 Å². The van der Waals surface area contributed by atoms with Gasteiger partial charge in [0.2, 0.25) is 0 Å². The highest BCUT2D eigenvalue weighted by Crippen LogP contribution is 2.28. The van der Waals surface area contributed by atoms with Crippen LogP contribution in [0.2, 0.25) is 0 Å². The van der Waals surface area contributed by atoms with Gasteiger partial charge in [-0.25, -0.2) is 4.79 Å². The Morgan fingerprint density at radius 1 is 1.09 bits per heavy atom. The number of carboxylic acid groups (broad SMARTS) is 1. The molecule has 0 amide bonds. The standard InChI is InChI=1S/C18H21NO3/c1-18(2,3)12-5-7-13(8-6-12)19-16-11-14(22-4)9-10-15(16)17(20)21/h5-11,19H,1-4H3,(H,20,21). The van der Waals surface area contributed by atoms with Crippen molar-refractivity contribution in [3.05, 3.63) is 53.6 Å². The molecule has 4 nitrogen and oxygen atoms in total. The second kappa shape index (κ2) is 6.10. The Kier molecular flexibility index (Phi) is 4.40. The highest BCUT2D eigenvalue weighted by Gasteiger charge is 2.14. The van der Waals surface area contributed by atoms with Crippen LogP contribution in [-0.4, -0.2) is 18.2 Å². The van der Waals surface area contributed by atoms with Crippen molar-refractivity contribution in [2.75, 3.05) is 12.4 Å². The van der Waals surface area contributed by atoms with E-state index in [2.05, 4.69) is 26.1 Å². The Bertz CT molecular complexity index is 670.